The highest BCUT2D eigenvalue weighted by atomic mass is 79.9. The van der Waals surface area contributed by atoms with Crippen LogP contribution >= 0.6 is 27.5 Å². The highest BCUT2D eigenvalue weighted by Gasteiger charge is 2.06. The van der Waals surface area contributed by atoms with Gasteiger partial charge in [0.15, 0.2) is 0 Å². The van der Waals surface area contributed by atoms with Gasteiger partial charge in [-0.05, 0) is 36.4 Å². The largest absolute Gasteiger partial charge is 0.250 e. The molecule has 1 nitrogen and oxygen atoms in total. The van der Waals surface area contributed by atoms with Crippen LogP contribution in [0.1, 0.15) is 5.69 Å². The summed E-state index contributed by atoms with van der Waals surface area (Å²) < 4.78 is 12.8. The molecule has 0 N–H and O–H groups in total. The van der Waals surface area contributed by atoms with E-state index < -0.39 is 0 Å². The number of nitrogens with zero attached hydrogens (tertiary/aromatic N) is 1. The minimum atomic E-state index is -0.267. The molecule has 0 aliphatic carbocycles. The van der Waals surface area contributed by atoms with Crippen LogP contribution in [-0.2, 0) is 5.33 Å². The fourth-order valence-corrected chi connectivity index (χ4v) is 1.89. The summed E-state index contributed by atoms with van der Waals surface area (Å²) in [6.07, 6.45) is 0. The van der Waals surface area contributed by atoms with Crippen LogP contribution in [0.2, 0.25) is 5.02 Å². The lowest BCUT2D eigenvalue weighted by Gasteiger charge is -2.05. The van der Waals surface area contributed by atoms with Crippen LogP contribution in [-0.4, -0.2) is 4.98 Å². The molecule has 0 amide bonds. The second-order valence-corrected chi connectivity index (χ2v) is 4.24. The van der Waals surface area contributed by atoms with Crippen LogP contribution in [0.5, 0.6) is 0 Å². The van der Waals surface area contributed by atoms with Crippen molar-refractivity contribution in [2.45, 2.75) is 5.33 Å². The Hall–Kier alpha value is -0.930. The third kappa shape index (κ3) is 2.42. The number of benzene rings is 1. The predicted octanol–water partition coefficient (Wildman–Crippen LogP) is 4.44. The van der Waals surface area contributed by atoms with Crippen molar-refractivity contribution in [1.29, 1.82) is 0 Å². The summed E-state index contributed by atoms with van der Waals surface area (Å²) in [5.41, 5.74) is 2.39. The summed E-state index contributed by atoms with van der Waals surface area (Å²) in [5, 5.41) is 1.23. The van der Waals surface area contributed by atoms with Crippen molar-refractivity contribution in [1.82, 2.24) is 4.98 Å². The van der Waals surface area contributed by atoms with Crippen LogP contribution in [0.3, 0.4) is 0 Å². The molecule has 1 aromatic heterocycles. The number of hydrogen-bond donors (Lipinski definition) is 0. The topological polar surface area (TPSA) is 12.9 Å². The Bertz CT molecular complexity index is 499. The van der Waals surface area contributed by atoms with E-state index >= 15 is 0 Å². The second-order valence-electron chi connectivity index (χ2n) is 3.27. The molecule has 0 bridgehead atoms. The zero-order valence-corrected chi connectivity index (χ0v) is 10.6. The molecule has 0 aliphatic rings. The van der Waals surface area contributed by atoms with Crippen LogP contribution in [0.4, 0.5) is 4.39 Å². The molecule has 2 rings (SSSR count). The van der Waals surface area contributed by atoms with E-state index in [1.807, 2.05) is 6.07 Å². The van der Waals surface area contributed by atoms with E-state index in [2.05, 4.69) is 20.9 Å². The maximum absolute atomic E-state index is 12.8. The molecule has 2 aromatic rings. The van der Waals surface area contributed by atoms with Crippen molar-refractivity contribution in [2.24, 2.45) is 0 Å². The number of halogens is 3. The molecule has 0 radical (unpaired) electrons. The lowest BCUT2D eigenvalue weighted by Crippen LogP contribution is -1.90. The lowest BCUT2D eigenvalue weighted by atomic mass is 10.1. The maximum Gasteiger partial charge on any atom is 0.123 e. The minimum Gasteiger partial charge on any atom is -0.250 e. The van der Waals surface area contributed by atoms with Crippen molar-refractivity contribution >= 4 is 27.5 Å². The molecule has 0 saturated heterocycles. The van der Waals surface area contributed by atoms with E-state index in [9.17, 15) is 4.39 Å². The van der Waals surface area contributed by atoms with Crippen molar-refractivity contribution in [3.05, 3.63) is 52.9 Å². The molecule has 1 heterocycles. The van der Waals surface area contributed by atoms with Crippen LogP contribution in [0, 0.1) is 5.82 Å². The van der Waals surface area contributed by atoms with E-state index in [4.69, 9.17) is 11.6 Å². The van der Waals surface area contributed by atoms with E-state index in [1.165, 1.54) is 12.1 Å². The molecule has 4 heteroatoms. The van der Waals surface area contributed by atoms with Crippen LogP contribution in [0.25, 0.3) is 11.3 Å². The van der Waals surface area contributed by atoms with Crippen molar-refractivity contribution in [3.63, 3.8) is 0 Å². The van der Waals surface area contributed by atoms with Gasteiger partial charge in [-0.15, -0.1) is 0 Å². The van der Waals surface area contributed by atoms with Crippen LogP contribution < -0.4 is 0 Å². The third-order valence-electron chi connectivity index (χ3n) is 2.16. The zero-order chi connectivity index (χ0) is 11.5. The molecule has 0 aliphatic heterocycles. The molecular formula is C12H8BrClFN. The van der Waals surface area contributed by atoms with Crippen molar-refractivity contribution in [3.8, 4) is 11.3 Å². The summed E-state index contributed by atoms with van der Waals surface area (Å²) in [6, 6.07) is 9.78. The van der Waals surface area contributed by atoms with Crippen LogP contribution in [0.15, 0.2) is 36.4 Å². The summed E-state index contributed by atoms with van der Waals surface area (Å²) >= 11 is 9.39. The van der Waals surface area contributed by atoms with Gasteiger partial charge >= 0.3 is 0 Å². The van der Waals surface area contributed by atoms with Gasteiger partial charge in [-0.3, -0.25) is 4.98 Å². The van der Waals surface area contributed by atoms with E-state index in [1.54, 1.807) is 18.2 Å². The zero-order valence-electron chi connectivity index (χ0n) is 8.25. The first-order valence-corrected chi connectivity index (χ1v) is 6.18. The monoisotopic (exact) mass is 299 g/mol. The first-order chi connectivity index (χ1) is 7.70. The molecule has 0 unspecified atom stereocenters. The van der Waals surface area contributed by atoms with Gasteiger partial charge in [0.2, 0.25) is 0 Å². The maximum atomic E-state index is 12.8. The van der Waals surface area contributed by atoms with E-state index in [0.717, 1.165) is 11.3 Å². The fourth-order valence-electron chi connectivity index (χ4n) is 1.37. The summed E-state index contributed by atoms with van der Waals surface area (Å²) in [6.45, 7) is 0. The van der Waals surface area contributed by atoms with E-state index in [0.29, 0.717) is 16.0 Å². The number of rotatable bonds is 2. The summed E-state index contributed by atoms with van der Waals surface area (Å²) in [5.74, 6) is -0.267. The molecule has 1 aromatic carbocycles. The Morgan fingerprint density at radius 3 is 2.44 bits per heavy atom. The smallest absolute Gasteiger partial charge is 0.123 e. The SMILES string of the molecule is Fc1ccc(-c2nc(CBr)ccc2Cl)cc1. The number of alkyl halides is 1. The van der Waals surface area contributed by atoms with Gasteiger partial charge in [-0.25, -0.2) is 4.39 Å². The fraction of sp³-hybridized carbons (Fsp3) is 0.0833. The molecule has 16 heavy (non-hydrogen) atoms. The number of aromatic nitrogens is 1. The van der Waals surface area contributed by atoms with Gasteiger partial charge in [0.25, 0.3) is 0 Å². The van der Waals surface area contributed by atoms with Gasteiger partial charge < -0.3 is 0 Å². The summed E-state index contributed by atoms with van der Waals surface area (Å²) in [7, 11) is 0. The highest BCUT2D eigenvalue weighted by Crippen LogP contribution is 2.26. The molecule has 82 valence electrons. The lowest BCUT2D eigenvalue weighted by molar-refractivity contribution is 0.628. The molecular weight excluding hydrogens is 292 g/mol. The quantitative estimate of drug-likeness (QED) is 0.747. The second kappa shape index (κ2) is 4.93. The highest BCUT2D eigenvalue weighted by molar-refractivity contribution is 9.08. The molecule has 0 fully saturated rings. The first-order valence-electron chi connectivity index (χ1n) is 4.68. The van der Waals surface area contributed by atoms with Gasteiger partial charge in [-0.2, -0.15) is 0 Å². The van der Waals surface area contributed by atoms with Gasteiger partial charge in [0, 0.05) is 10.9 Å². The standard InChI is InChI=1S/C12H8BrClFN/c13-7-10-5-6-11(14)12(16-10)8-1-3-9(15)4-2-8/h1-6H,7H2. The van der Waals surface area contributed by atoms with Gasteiger partial charge in [-0.1, -0.05) is 27.5 Å². The van der Waals surface area contributed by atoms with Crippen molar-refractivity contribution in [2.75, 3.05) is 0 Å². The van der Waals surface area contributed by atoms with E-state index in [-0.39, 0.29) is 5.82 Å². The predicted molar refractivity (Wildman–Crippen MR) is 67.3 cm³/mol. The number of hydrogen-bond acceptors (Lipinski definition) is 1. The number of pyridine rings is 1. The molecule has 0 atom stereocenters. The van der Waals surface area contributed by atoms with Gasteiger partial charge in [0.1, 0.15) is 5.82 Å². The van der Waals surface area contributed by atoms with Crippen molar-refractivity contribution < 1.29 is 4.39 Å². The Morgan fingerprint density at radius 1 is 1.12 bits per heavy atom. The third-order valence-corrected chi connectivity index (χ3v) is 3.04. The molecule has 0 spiro atoms. The first kappa shape index (κ1) is 11.6. The normalized spacial score (nSPS) is 10.4. The Kier molecular flexibility index (Phi) is 3.56. The Labute approximate surface area is 106 Å². The Morgan fingerprint density at radius 2 is 1.81 bits per heavy atom. The average molecular weight is 301 g/mol. The minimum absolute atomic E-state index is 0.267. The average Bonchev–Trinajstić information content (AvgIpc) is 2.31. The molecule has 0 saturated carbocycles. The summed E-state index contributed by atoms with van der Waals surface area (Å²) in [4.78, 5) is 4.39. The Balaban J connectivity index is 2.50. The van der Waals surface area contributed by atoms with Gasteiger partial charge in [0.05, 0.1) is 16.4 Å².